The first-order valence-electron chi connectivity index (χ1n) is 6.99. The number of nitrogens with zero attached hydrogens (tertiary/aromatic N) is 1. The Morgan fingerprint density at radius 2 is 2.05 bits per heavy atom. The molecule has 0 aliphatic heterocycles. The summed E-state index contributed by atoms with van der Waals surface area (Å²) in [6, 6.07) is 14.9. The molecule has 1 aliphatic rings. The molecule has 2 atom stereocenters. The molecule has 1 aromatic carbocycles. The third-order valence-electron chi connectivity index (χ3n) is 3.66. The van der Waals surface area contributed by atoms with Crippen molar-refractivity contribution in [3.05, 3.63) is 65.9 Å². The number of pyridine rings is 1. The van der Waals surface area contributed by atoms with Crippen LogP contribution in [0.25, 0.3) is 6.08 Å². The molecule has 3 heteroatoms. The van der Waals surface area contributed by atoms with Crippen molar-refractivity contribution in [2.24, 2.45) is 5.92 Å². The van der Waals surface area contributed by atoms with Gasteiger partial charge in [-0.25, -0.2) is 4.98 Å². The van der Waals surface area contributed by atoms with E-state index in [-0.39, 0.29) is 0 Å². The quantitative estimate of drug-likeness (QED) is 0.874. The molecule has 3 nitrogen and oxygen atoms in total. The summed E-state index contributed by atoms with van der Waals surface area (Å²) in [4.78, 5) is 4.10. The van der Waals surface area contributed by atoms with E-state index in [1.165, 1.54) is 12.0 Å². The zero-order chi connectivity index (χ0) is 13.8. The van der Waals surface area contributed by atoms with Crippen molar-refractivity contribution in [1.82, 2.24) is 10.3 Å². The fraction of sp³-hybridized carbons (Fsp3) is 0.235. The molecule has 0 radical (unpaired) electrons. The van der Waals surface area contributed by atoms with E-state index in [1.54, 1.807) is 6.20 Å². The van der Waals surface area contributed by atoms with Crippen LogP contribution in [0.3, 0.4) is 0 Å². The van der Waals surface area contributed by atoms with Crippen molar-refractivity contribution < 1.29 is 0 Å². The Labute approximate surface area is 119 Å². The SMILES string of the molecule is Nc1ncccc1CNC1CC1C=Cc1ccccc1. The minimum atomic E-state index is 0.564. The summed E-state index contributed by atoms with van der Waals surface area (Å²) in [5.74, 6) is 1.25. The average Bonchev–Trinajstić information content (AvgIpc) is 3.24. The second-order valence-electron chi connectivity index (χ2n) is 5.20. The Kier molecular flexibility index (Phi) is 3.79. The number of rotatable bonds is 5. The van der Waals surface area contributed by atoms with Crippen LogP contribution >= 0.6 is 0 Å². The molecule has 2 aromatic rings. The van der Waals surface area contributed by atoms with E-state index in [4.69, 9.17) is 5.73 Å². The number of hydrogen-bond donors (Lipinski definition) is 2. The van der Waals surface area contributed by atoms with Gasteiger partial charge in [0, 0.05) is 24.3 Å². The van der Waals surface area contributed by atoms with Crippen LogP contribution in [-0.2, 0) is 6.54 Å². The highest BCUT2D eigenvalue weighted by molar-refractivity contribution is 5.50. The number of anilines is 1. The van der Waals surface area contributed by atoms with E-state index < -0.39 is 0 Å². The van der Waals surface area contributed by atoms with Gasteiger partial charge in [-0.05, 0) is 24.0 Å². The highest BCUT2D eigenvalue weighted by Crippen LogP contribution is 2.32. The van der Waals surface area contributed by atoms with E-state index in [0.717, 1.165) is 12.1 Å². The summed E-state index contributed by atoms with van der Waals surface area (Å²) < 4.78 is 0. The molecule has 1 saturated carbocycles. The summed E-state index contributed by atoms with van der Waals surface area (Å²) in [7, 11) is 0. The number of aromatic nitrogens is 1. The lowest BCUT2D eigenvalue weighted by Gasteiger charge is -2.05. The molecule has 0 spiro atoms. The molecule has 0 bridgehead atoms. The van der Waals surface area contributed by atoms with Crippen molar-refractivity contribution in [2.45, 2.75) is 19.0 Å². The van der Waals surface area contributed by atoms with Gasteiger partial charge >= 0.3 is 0 Å². The topological polar surface area (TPSA) is 50.9 Å². The Morgan fingerprint density at radius 1 is 1.20 bits per heavy atom. The monoisotopic (exact) mass is 265 g/mol. The van der Waals surface area contributed by atoms with E-state index in [2.05, 4.69) is 46.7 Å². The van der Waals surface area contributed by atoms with E-state index >= 15 is 0 Å². The molecule has 2 unspecified atom stereocenters. The van der Waals surface area contributed by atoms with Crippen molar-refractivity contribution in [3.8, 4) is 0 Å². The fourth-order valence-electron chi connectivity index (χ4n) is 2.30. The summed E-state index contributed by atoms with van der Waals surface area (Å²) in [6.45, 7) is 0.792. The van der Waals surface area contributed by atoms with E-state index in [9.17, 15) is 0 Å². The molecule has 1 aliphatic carbocycles. The lowest BCUT2D eigenvalue weighted by molar-refractivity contribution is 0.667. The minimum absolute atomic E-state index is 0.564. The summed E-state index contributed by atoms with van der Waals surface area (Å²) >= 11 is 0. The predicted octanol–water partition coefficient (Wildman–Crippen LogP) is 2.86. The number of hydrogen-bond acceptors (Lipinski definition) is 3. The first-order chi connectivity index (χ1) is 9.83. The lowest BCUT2D eigenvalue weighted by atomic mass is 10.2. The Hall–Kier alpha value is -2.13. The maximum atomic E-state index is 5.83. The molecule has 0 amide bonds. The molecule has 3 rings (SSSR count). The Bertz CT molecular complexity index is 592. The normalized spacial score (nSPS) is 21.2. The second kappa shape index (κ2) is 5.88. The van der Waals surface area contributed by atoms with Crippen LogP contribution in [0.1, 0.15) is 17.5 Å². The van der Waals surface area contributed by atoms with Gasteiger partial charge in [0.25, 0.3) is 0 Å². The molecule has 102 valence electrons. The number of nitrogen functional groups attached to an aromatic ring is 1. The van der Waals surface area contributed by atoms with Crippen LogP contribution in [-0.4, -0.2) is 11.0 Å². The Morgan fingerprint density at radius 3 is 2.85 bits per heavy atom. The number of nitrogens with one attached hydrogen (secondary N) is 1. The fourth-order valence-corrected chi connectivity index (χ4v) is 2.30. The zero-order valence-corrected chi connectivity index (χ0v) is 11.4. The summed E-state index contributed by atoms with van der Waals surface area (Å²) in [6.07, 6.45) is 7.41. The van der Waals surface area contributed by atoms with Gasteiger partial charge in [-0.1, -0.05) is 48.6 Å². The summed E-state index contributed by atoms with van der Waals surface area (Å²) in [5.41, 5.74) is 8.16. The Balaban J connectivity index is 1.48. The van der Waals surface area contributed by atoms with Crippen LogP contribution in [0, 0.1) is 5.92 Å². The van der Waals surface area contributed by atoms with Crippen molar-refractivity contribution in [2.75, 3.05) is 5.73 Å². The average molecular weight is 265 g/mol. The molecule has 20 heavy (non-hydrogen) atoms. The second-order valence-corrected chi connectivity index (χ2v) is 5.20. The maximum Gasteiger partial charge on any atom is 0.127 e. The first kappa shape index (κ1) is 12.9. The summed E-state index contributed by atoms with van der Waals surface area (Å²) in [5, 5.41) is 3.53. The van der Waals surface area contributed by atoms with Gasteiger partial charge in [-0.3, -0.25) is 0 Å². The highest BCUT2D eigenvalue weighted by atomic mass is 15.0. The number of nitrogens with two attached hydrogens (primary N) is 1. The van der Waals surface area contributed by atoms with E-state index in [1.807, 2.05) is 18.2 Å². The third kappa shape index (κ3) is 3.25. The standard InChI is InChI=1S/C17H19N3/c18-17-15(7-4-10-19-17)12-20-16-11-14(16)9-8-13-5-2-1-3-6-13/h1-10,14,16,20H,11-12H2,(H2,18,19). The maximum absolute atomic E-state index is 5.83. The molecule has 1 aromatic heterocycles. The highest BCUT2D eigenvalue weighted by Gasteiger charge is 2.34. The van der Waals surface area contributed by atoms with Crippen molar-refractivity contribution in [1.29, 1.82) is 0 Å². The third-order valence-corrected chi connectivity index (χ3v) is 3.66. The van der Waals surface area contributed by atoms with Gasteiger partial charge in [0.2, 0.25) is 0 Å². The van der Waals surface area contributed by atoms with Gasteiger partial charge in [-0.2, -0.15) is 0 Å². The van der Waals surface area contributed by atoms with Crippen molar-refractivity contribution >= 4 is 11.9 Å². The van der Waals surface area contributed by atoms with Crippen LogP contribution in [0.2, 0.25) is 0 Å². The van der Waals surface area contributed by atoms with Crippen LogP contribution in [0.15, 0.2) is 54.7 Å². The van der Waals surface area contributed by atoms with Gasteiger partial charge in [-0.15, -0.1) is 0 Å². The molecule has 3 N–H and O–H groups in total. The smallest absolute Gasteiger partial charge is 0.127 e. The van der Waals surface area contributed by atoms with Gasteiger partial charge in [0.05, 0.1) is 0 Å². The van der Waals surface area contributed by atoms with Crippen LogP contribution in [0.4, 0.5) is 5.82 Å². The van der Waals surface area contributed by atoms with Crippen molar-refractivity contribution in [3.63, 3.8) is 0 Å². The molecule has 1 fully saturated rings. The molecular formula is C17H19N3. The number of benzene rings is 1. The van der Waals surface area contributed by atoms with Crippen LogP contribution < -0.4 is 11.1 Å². The molecular weight excluding hydrogens is 246 g/mol. The molecule has 1 heterocycles. The van der Waals surface area contributed by atoms with Gasteiger partial charge < -0.3 is 11.1 Å². The van der Waals surface area contributed by atoms with E-state index in [0.29, 0.717) is 17.8 Å². The van der Waals surface area contributed by atoms with Gasteiger partial charge in [0.1, 0.15) is 5.82 Å². The lowest BCUT2D eigenvalue weighted by Crippen LogP contribution is -2.18. The zero-order valence-electron chi connectivity index (χ0n) is 11.4. The molecule has 0 saturated heterocycles. The predicted molar refractivity (Wildman–Crippen MR) is 82.9 cm³/mol. The van der Waals surface area contributed by atoms with Gasteiger partial charge in [0.15, 0.2) is 0 Å². The van der Waals surface area contributed by atoms with Crippen LogP contribution in [0.5, 0.6) is 0 Å². The largest absolute Gasteiger partial charge is 0.383 e. The minimum Gasteiger partial charge on any atom is -0.383 e. The first-order valence-corrected chi connectivity index (χ1v) is 6.99.